The van der Waals surface area contributed by atoms with E-state index in [1.165, 1.54) is 54.2 Å². The largest absolute Gasteiger partial charge is 0.497 e. The zero-order valence-electron chi connectivity index (χ0n) is 17.4. The molecule has 2 aromatic carbocycles. The van der Waals surface area contributed by atoms with Crippen LogP contribution >= 0.6 is 15.9 Å². The Morgan fingerprint density at radius 1 is 1.10 bits per heavy atom. The first-order valence-corrected chi connectivity index (χ1v) is 12.1. The van der Waals surface area contributed by atoms with Crippen LogP contribution in [0.25, 0.3) is 0 Å². The number of ether oxygens (including phenoxy) is 1. The third-order valence-electron chi connectivity index (χ3n) is 8.97. The van der Waals surface area contributed by atoms with Gasteiger partial charge < -0.3 is 10.1 Å². The van der Waals surface area contributed by atoms with Gasteiger partial charge in [-0.05, 0) is 115 Å². The van der Waals surface area contributed by atoms with Crippen molar-refractivity contribution in [2.45, 2.75) is 57.4 Å². The Morgan fingerprint density at radius 2 is 2.00 bits per heavy atom. The summed E-state index contributed by atoms with van der Waals surface area (Å²) in [5, 5.41) is 4.02. The van der Waals surface area contributed by atoms with E-state index >= 15 is 0 Å². The number of rotatable bonds is 1. The van der Waals surface area contributed by atoms with E-state index in [0.717, 1.165) is 29.4 Å². The highest BCUT2D eigenvalue weighted by Gasteiger charge is 2.59. The summed E-state index contributed by atoms with van der Waals surface area (Å²) in [6, 6.07) is 14.3. The minimum absolute atomic E-state index is 0.431. The fourth-order valence-corrected chi connectivity index (χ4v) is 8.08. The lowest BCUT2D eigenvalue weighted by molar-refractivity contribution is 0.0530. The highest BCUT2D eigenvalue weighted by molar-refractivity contribution is 9.10. The highest BCUT2D eigenvalue weighted by Crippen LogP contribution is 2.64. The maximum Gasteiger partial charge on any atom is 0.119 e. The topological polar surface area (TPSA) is 21.3 Å². The molecule has 152 valence electrons. The molecule has 2 fully saturated rings. The summed E-state index contributed by atoms with van der Waals surface area (Å²) in [6.07, 6.45) is 7.90. The predicted octanol–water partition coefficient (Wildman–Crippen LogP) is 6.58. The van der Waals surface area contributed by atoms with Crippen molar-refractivity contribution < 1.29 is 4.74 Å². The van der Waals surface area contributed by atoms with Gasteiger partial charge in [0, 0.05) is 16.2 Å². The number of nitrogens with one attached hydrogen (secondary N) is 1. The molecular formula is C26H30BrNO. The first-order chi connectivity index (χ1) is 14.1. The third kappa shape index (κ3) is 2.65. The summed E-state index contributed by atoms with van der Waals surface area (Å²) in [4.78, 5) is 0. The van der Waals surface area contributed by atoms with Crippen LogP contribution in [0.2, 0.25) is 0 Å². The second kappa shape index (κ2) is 6.51. The minimum atomic E-state index is 0.431. The van der Waals surface area contributed by atoms with E-state index in [4.69, 9.17) is 4.74 Å². The average molecular weight is 452 g/mol. The Morgan fingerprint density at radius 3 is 2.86 bits per heavy atom. The molecule has 0 spiro atoms. The van der Waals surface area contributed by atoms with Crippen molar-refractivity contribution in [2.24, 2.45) is 23.2 Å². The molecule has 2 unspecified atom stereocenters. The normalized spacial score (nSPS) is 36.7. The molecule has 0 saturated heterocycles. The van der Waals surface area contributed by atoms with Crippen molar-refractivity contribution in [3.63, 3.8) is 0 Å². The maximum absolute atomic E-state index is 5.49. The van der Waals surface area contributed by atoms with Crippen LogP contribution < -0.4 is 10.1 Å². The molecule has 0 bridgehead atoms. The molecule has 0 aromatic heterocycles. The van der Waals surface area contributed by atoms with Gasteiger partial charge in [-0.25, -0.2) is 0 Å². The van der Waals surface area contributed by atoms with Crippen molar-refractivity contribution in [3.05, 3.63) is 57.6 Å². The molecule has 1 N–H and O–H groups in total. The second-order valence-electron chi connectivity index (χ2n) is 10.1. The van der Waals surface area contributed by atoms with Gasteiger partial charge in [0.15, 0.2) is 0 Å². The van der Waals surface area contributed by atoms with Gasteiger partial charge in [0.05, 0.1) is 7.11 Å². The monoisotopic (exact) mass is 451 g/mol. The summed E-state index contributed by atoms with van der Waals surface area (Å²) in [5.74, 6) is 4.23. The summed E-state index contributed by atoms with van der Waals surface area (Å²) in [6.45, 7) is 2.61. The molecule has 6 atom stereocenters. The highest BCUT2D eigenvalue weighted by atomic mass is 79.9. The van der Waals surface area contributed by atoms with E-state index in [9.17, 15) is 0 Å². The molecular weight excluding hydrogens is 422 g/mol. The van der Waals surface area contributed by atoms with Crippen LogP contribution in [0.15, 0.2) is 40.9 Å². The Kier molecular flexibility index (Phi) is 4.11. The molecule has 29 heavy (non-hydrogen) atoms. The molecule has 0 radical (unpaired) electrons. The first kappa shape index (κ1) is 18.3. The predicted molar refractivity (Wildman–Crippen MR) is 122 cm³/mol. The Labute approximate surface area is 182 Å². The SMILES string of the molecule is COc1ccc2c(c1)CCC1C2CC[C@@]2(C)[C@@H]3Nc4ccc(Br)cc4C[C@H]3C[C@@H]12. The molecule has 6 rings (SSSR count). The van der Waals surface area contributed by atoms with Crippen LogP contribution in [0.5, 0.6) is 5.75 Å². The van der Waals surface area contributed by atoms with E-state index in [1.54, 1.807) is 18.2 Å². The van der Waals surface area contributed by atoms with Crippen molar-refractivity contribution in [2.75, 3.05) is 12.4 Å². The number of halogens is 1. The van der Waals surface area contributed by atoms with Gasteiger partial charge in [-0.15, -0.1) is 0 Å². The average Bonchev–Trinajstić information content (AvgIpc) is 3.03. The number of hydrogen-bond donors (Lipinski definition) is 1. The van der Waals surface area contributed by atoms with Gasteiger partial charge in [0.1, 0.15) is 5.75 Å². The lowest BCUT2D eigenvalue weighted by Gasteiger charge is -2.51. The molecule has 3 aliphatic carbocycles. The molecule has 1 heterocycles. The molecule has 0 amide bonds. The van der Waals surface area contributed by atoms with Gasteiger partial charge >= 0.3 is 0 Å². The van der Waals surface area contributed by atoms with Gasteiger partial charge in [-0.2, -0.15) is 0 Å². The smallest absolute Gasteiger partial charge is 0.119 e. The molecule has 2 saturated carbocycles. The summed E-state index contributed by atoms with van der Waals surface area (Å²) >= 11 is 3.67. The lowest BCUT2D eigenvalue weighted by atomic mass is 9.55. The number of fused-ring (bicyclic) bond motifs is 8. The van der Waals surface area contributed by atoms with E-state index in [0.29, 0.717) is 11.5 Å². The summed E-state index contributed by atoms with van der Waals surface area (Å²) in [7, 11) is 1.78. The van der Waals surface area contributed by atoms with Crippen LogP contribution in [0.4, 0.5) is 5.69 Å². The summed E-state index contributed by atoms with van der Waals surface area (Å²) in [5.41, 5.74) is 6.47. The number of benzene rings is 2. The zero-order chi connectivity index (χ0) is 19.8. The van der Waals surface area contributed by atoms with E-state index in [-0.39, 0.29) is 0 Å². The lowest BCUT2D eigenvalue weighted by Crippen LogP contribution is -2.48. The van der Waals surface area contributed by atoms with Gasteiger partial charge in [-0.3, -0.25) is 0 Å². The fraction of sp³-hybridized carbons (Fsp3) is 0.538. The number of aryl methyl sites for hydroxylation is 1. The Balaban J connectivity index is 1.32. The van der Waals surface area contributed by atoms with Crippen LogP contribution in [0.1, 0.15) is 55.2 Å². The maximum atomic E-state index is 5.49. The zero-order valence-corrected chi connectivity index (χ0v) is 19.0. The van der Waals surface area contributed by atoms with Crippen LogP contribution in [-0.4, -0.2) is 13.2 Å². The van der Waals surface area contributed by atoms with Crippen molar-refractivity contribution in [1.29, 1.82) is 0 Å². The molecule has 1 aliphatic heterocycles. The first-order valence-electron chi connectivity index (χ1n) is 11.3. The van der Waals surface area contributed by atoms with E-state index in [2.05, 4.69) is 64.6 Å². The summed E-state index contributed by atoms with van der Waals surface area (Å²) < 4.78 is 6.70. The van der Waals surface area contributed by atoms with Crippen molar-refractivity contribution in [3.8, 4) is 5.75 Å². The van der Waals surface area contributed by atoms with Gasteiger partial charge in [0.25, 0.3) is 0 Å². The van der Waals surface area contributed by atoms with Crippen LogP contribution in [0.3, 0.4) is 0 Å². The quantitative estimate of drug-likeness (QED) is 0.528. The molecule has 4 aliphatic rings. The third-order valence-corrected chi connectivity index (χ3v) is 9.46. The van der Waals surface area contributed by atoms with Gasteiger partial charge in [-0.1, -0.05) is 28.9 Å². The molecule has 2 aromatic rings. The Hall–Kier alpha value is -1.48. The minimum Gasteiger partial charge on any atom is -0.497 e. The second-order valence-corrected chi connectivity index (χ2v) is 11.1. The molecule has 2 nitrogen and oxygen atoms in total. The Bertz CT molecular complexity index is 971. The van der Waals surface area contributed by atoms with Crippen LogP contribution in [-0.2, 0) is 12.8 Å². The number of methoxy groups -OCH3 is 1. The van der Waals surface area contributed by atoms with E-state index < -0.39 is 0 Å². The number of anilines is 1. The van der Waals surface area contributed by atoms with Crippen LogP contribution in [0, 0.1) is 23.2 Å². The van der Waals surface area contributed by atoms with Crippen molar-refractivity contribution in [1.82, 2.24) is 0 Å². The number of hydrogen-bond acceptors (Lipinski definition) is 2. The van der Waals surface area contributed by atoms with E-state index in [1.807, 2.05) is 0 Å². The molecule has 3 heteroatoms. The van der Waals surface area contributed by atoms with Gasteiger partial charge in [0.2, 0.25) is 0 Å². The van der Waals surface area contributed by atoms with Crippen molar-refractivity contribution >= 4 is 21.6 Å². The standard InChI is InChI=1S/C26H30BrNO/c1-26-10-9-21-20-7-5-19(29-2)13-15(20)3-6-22(21)23(26)14-17-11-16-12-18(27)4-8-24(16)28-25(17)26/h4-5,7-8,12-13,17,21-23,25,28H,3,6,9-11,14H2,1-2H3/t17-,21?,22?,23-,25+,26+/m0/s1. The fourth-order valence-electron chi connectivity index (χ4n) is 7.67.